The first-order chi connectivity index (χ1) is 14.4. The van der Waals surface area contributed by atoms with Gasteiger partial charge in [0.2, 0.25) is 5.91 Å². The summed E-state index contributed by atoms with van der Waals surface area (Å²) in [5, 5.41) is 13.8. The van der Waals surface area contributed by atoms with Crippen LogP contribution in [0.25, 0.3) is 0 Å². The molecule has 0 spiro atoms. The molecule has 2 N–H and O–H groups in total. The van der Waals surface area contributed by atoms with Crippen LogP contribution in [0.3, 0.4) is 0 Å². The van der Waals surface area contributed by atoms with Gasteiger partial charge in [-0.3, -0.25) is 19.2 Å². The average Bonchev–Trinajstić information content (AvgIpc) is 3.17. The lowest BCUT2D eigenvalue weighted by molar-refractivity contribution is -0.114. The molecule has 2 heterocycles. The second-order valence-electron chi connectivity index (χ2n) is 8.28. The van der Waals surface area contributed by atoms with Crippen molar-refractivity contribution in [2.75, 3.05) is 11.9 Å². The van der Waals surface area contributed by atoms with Gasteiger partial charge in [-0.15, -0.1) is 5.10 Å². The van der Waals surface area contributed by atoms with E-state index in [4.69, 9.17) is 0 Å². The van der Waals surface area contributed by atoms with Crippen molar-refractivity contribution >= 4 is 17.5 Å². The van der Waals surface area contributed by atoms with Gasteiger partial charge in [0.15, 0.2) is 5.69 Å². The number of rotatable bonds is 8. The van der Waals surface area contributed by atoms with Crippen LogP contribution in [0.4, 0.5) is 5.69 Å². The van der Waals surface area contributed by atoms with E-state index in [1.165, 1.54) is 31.7 Å². The Hall–Kier alpha value is -2.74. The van der Waals surface area contributed by atoms with Crippen LogP contribution in [0.15, 0.2) is 30.5 Å². The van der Waals surface area contributed by atoms with Gasteiger partial charge in [0.05, 0.1) is 6.20 Å². The topological polar surface area (TPSA) is 92.2 Å². The van der Waals surface area contributed by atoms with E-state index in [1.54, 1.807) is 10.9 Å². The third-order valence-corrected chi connectivity index (χ3v) is 5.29. The molecule has 8 heteroatoms. The number of aryl methyl sites for hydroxylation is 1. The highest BCUT2D eigenvalue weighted by Crippen LogP contribution is 2.23. The highest BCUT2D eigenvalue weighted by molar-refractivity contribution is 5.92. The normalized spacial score (nSPS) is 17.1. The number of hydrogen-bond acceptors (Lipinski definition) is 5. The summed E-state index contributed by atoms with van der Waals surface area (Å²) in [7, 11) is 0. The monoisotopic (exact) mass is 412 g/mol. The molecule has 2 aromatic rings. The van der Waals surface area contributed by atoms with Crippen LogP contribution in [0.5, 0.6) is 0 Å². The highest BCUT2D eigenvalue weighted by atomic mass is 16.2. The Balaban J connectivity index is 1.55. The number of nitrogens with zero attached hydrogens (tertiary/aromatic N) is 4. The first kappa shape index (κ1) is 22.0. The lowest BCUT2D eigenvalue weighted by Crippen LogP contribution is -2.39. The maximum absolute atomic E-state index is 12.1. The Morgan fingerprint density at radius 3 is 2.67 bits per heavy atom. The largest absolute Gasteiger partial charge is 0.348 e. The molecule has 0 bridgehead atoms. The minimum atomic E-state index is -0.182. The van der Waals surface area contributed by atoms with Crippen molar-refractivity contribution in [3.63, 3.8) is 0 Å². The molecule has 3 rings (SSSR count). The molecule has 1 aromatic heterocycles. The number of amides is 2. The predicted octanol–water partition coefficient (Wildman–Crippen LogP) is 2.82. The Morgan fingerprint density at radius 1 is 1.20 bits per heavy atom. The van der Waals surface area contributed by atoms with Crippen molar-refractivity contribution in [3.8, 4) is 0 Å². The average molecular weight is 413 g/mol. The van der Waals surface area contributed by atoms with Crippen molar-refractivity contribution in [1.29, 1.82) is 0 Å². The van der Waals surface area contributed by atoms with Crippen LogP contribution in [-0.2, 0) is 17.9 Å². The fourth-order valence-corrected chi connectivity index (χ4v) is 3.86. The summed E-state index contributed by atoms with van der Waals surface area (Å²) in [4.78, 5) is 25.8. The van der Waals surface area contributed by atoms with E-state index in [1.807, 2.05) is 26.0 Å². The number of hydrogen-bond donors (Lipinski definition) is 2. The summed E-state index contributed by atoms with van der Waals surface area (Å²) in [6.45, 7) is 8.08. The number of benzene rings is 1. The maximum atomic E-state index is 12.1. The summed E-state index contributed by atoms with van der Waals surface area (Å²) in [6, 6.07) is 8.61. The first-order valence-electron chi connectivity index (χ1n) is 10.7. The Morgan fingerprint density at radius 2 is 1.97 bits per heavy atom. The molecule has 0 aliphatic carbocycles. The quantitative estimate of drug-likeness (QED) is 0.696. The lowest BCUT2D eigenvalue weighted by Gasteiger charge is -2.36. The fraction of sp³-hybridized carbons (Fsp3) is 0.545. The molecule has 1 saturated heterocycles. The second-order valence-corrected chi connectivity index (χ2v) is 8.28. The van der Waals surface area contributed by atoms with Crippen molar-refractivity contribution in [1.82, 2.24) is 25.2 Å². The van der Waals surface area contributed by atoms with Gasteiger partial charge < -0.3 is 10.6 Å². The van der Waals surface area contributed by atoms with Gasteiger partial charge >= 0.3 is 0 Å². The zero-order valence-corrected chi connectivity index (χ0v) is 18.1. The van der Waals surface area contributed by atoms with Gasteiger partial charge in [0, 0.05) is 37.8 Å². The summed E-state index contributed by atoms with van der Waals surface area (Å²) in [5.41, 5.74) is 2.43. The van der Waals surface area contributed by atoms with Gasteiger partial charge in [-0.25, -0.2) is 0 Å². The third-order valence-electron chi connectivity index (χ3n) is 5.29. The summed E-state index contributed by atoms with van der Waals surface area (Å²) in [5.74, 6) is -0.241. The van der Waals surface area contributed by atoms with Crippen LogP contribution in [0, 0.1) is 0 Å². The number of aromatic nitrogens is 3. The Kier molecular flexibility index (Phi) is 7.57. The van der Waals surface area contributed by atoms with Crippen molar-refractivity contribution < 1.29 is 9.59 Å². The van der Waals surface area contributed by atoms with E-state index < -0.39 is 0 Å². The van der Waals surface area contributed by atoms with Gasteiger partial charge in [-0.1, -0.05) is 23.8 Å². The smallest absolute Gasteiger partial charge is 0.273 e. The molecule has 1 fully saturated rings. The van der Waals surface area contributed by atoms with Gasteiger partial charge in [0.25, 0.3) is 5.91 Å². The van der Waals surface area contributed by atoms with E-state index >= 15 is 0 Å². The lowest BCUT2D eigenvalue weighted by atomic mass is 9.98. The first-order valence-corrected chi connectivity index (χ1v) is 10.7. The molecular formula is C22H32N6O2. The van der Waals surface area contributed by atoms with Crippen molar-refractivity contribution in [3.05, 3.63) is 41.7 Å². The molecule has 1 aromatic carbocycles. The maximum Gasteiger partial charge on any atom is 0.273 e. The van der Waals surface area contributed by atoms with Gasteiger partial charge in [-0.05, 0) is 57.4 Å². The van der Waals surface area contributed by atoms with Crippen molar-refractivity contribution in [2.45, 2.75) is 71.6 Å². The van der Waals surface area contributed by atoms with Crippen LogP contribution >= 0.6 is 0 Å². The van der Waals surface area contributed by atoms with E-state index in [0.717, 1.165) is 31.7 Å². The Bertz CT molecular complexity index is 846. The zero-order chi connectivity index (χ0) is 21.5. The SMILES string of the molecule is CC(=O)Nc1ccc(CN2CCCC[C@H]2CCn2cc(C(=O)NC(C)C)nn2)cc1. The molecule has 8 nitrogen and oxygen atoms in total. The molecule has 30 heavy (non-hydrogen) atoms. The number of carbonyl (C=O) groups excluding carboxylic acids is 2. The number of carbonyl (C=O) groups is 2. The molecule has 1 aliphatic heterocycles. The zero-order valence-electron chi connectivity index (χ0n) is 18.1. The molecule has 0 radical (unpaired) electrons. The highest BCUT2D eigenvalue weighted by Gasteiger charge is 2.22. The van der Waals surface area contributed by atoms with E-state index in [0.29, 0.717) is 11.7 Å². The second kappa shape index (κ2) is 10.3. The summed E-state index contributed by atoms with van der Waals surface area (Å²) in [6.07, 6.45) is 6.31. The summed E-state index contributed by atoms with van der Waals surface area (Å²) >= 11 is 0. The molecule has 0 unspecified atom stereocenters. The van der Waals surface area contributed by atoms with Crippen molar-refractivity contribution in [2.24, 2.45) is 0 Å². The fourth-order valence-electron chi connectivity index (χ4n) is 3.86. The molecule has 2 amide bonds. The van der Waals surface area contributed by atoms with E-state index in [2.05, 4.69) is 38.0 Å². The van der Waals surface area contributed by atoms with E-state index in [-0.39, 0.29) is 17.9 Å². The minimum Gasteiger partial charge on any atom is -0.348 e. The van der Waals surface area contributed by atoms with Crippen LogP contribution in [0.2, 0.25) is 0 Å². The molecule has 162 valence electrons. The van der Waals surface area contributed by atoms with E-state index in [9.17, 15) is 9.59 Å². The molecule has 0 saturated carbocycles. The van der Waals surface area contributed by atoms with Crippen LogP contribution < -0.4 is 10.6 Å². The number of anilines is 1. The number of piperidine rings is 1. The Labute approximate surface area is 178 Å². The van der Waals surface area contributed by atoms with Crippen LogP contribution in [-0.4, -0.2) is 50.3 Å². The summed E-state index contributed by atoms with van der Waals surface area (Å²) < 4.78 is 1.77. The molecule has 1 atom stereocenters. The number of nitrogens with one attached hydrogen (secondary N) is 2. The van der Waals surface area contributed by atoms with Gasteiger partial charge in [-0.2, -0.15) is 0 Å². The standard InChI is InChI=1S/C22H32N6O2/c1-16(2)23-22(30)21-15-28(26-25-21)13-11-20-6-4-5-12-27(20)14-18-7-9-19(10-8-18)24-17(3)29/h7-10,15-16,20H,4-6,11-14H2,1-3H3,(H,23,30)(H,24,29)/t20-/m0/s1. The molecular weight excluding hydrogens is 380 g/mol. The minimum absolute atomic E-state index is 0.0585. The molecule has 1 aliphatic rings. The van der Waals surface area contributed by atoms with Gasteiger partial charge in [0.1, 0.15) is 0 Å². The third kappa shape index (κ3) is 6.38. The van der Waals surface area contributed by atoms with Crippen LogP contribution in [0.1, 0.15) is 62.5 Å². The predicted molar refractivity (Wildman–Crippen MR) is 116 cm³/mol. The number of likely N-dealkylation sites (tertiary alicyclic amines) is 1.